The molecule has 114 valence electrons. The summed E-state index contributed by atoms with van der Waals surface area (Å²) in [5.41, 5.74) is 0.840. The Balaban J connectivity index is 2.27. The van der Waals surface area contributed by atoms with Crippen molar-refractivity contribution in [2.75, 3.05) is 13.7 Å². The molecule has 3 unspecified atom stereocenters. The zero-order valence-corrected chi connectivity index (χ0v) is 12.8. The van der Waals surface area contributed by atoms with Crippen LogP contribution in [-0.2, 0) is 9.59 Å². The van der Waals surface area contributed by atoms with Gasteiger partial charge in [0.2, 0.25) is 11.8 Å². The van der Waals surface area contributed by atoms with Gasteiger partial charge in [-0.05, 0) is 24.6 Å². The van der Waals surface area contributed by atoms with E-state index in [1.54, 1.807) is 37.1 Å². The van der Waals surface area contributed by atoms with Crippen molar-refractivity contribution in [3.63, 3.8) is 0 Å². The fourth-order valence-corrected chi connectivity index (χ4v) is 2.85. The van der Waals surface area contributed by atoms with Gasteiger partial charge in [-0.1, -0.05) is 23.7 Å². The van der Waals surface area contributed by atoms with Crippen molar-refractivity contribution in [2.45, 2.75) is 25.4 Å². The van der Waals surface area contributed by atoms with E-state index in [0.29, 0.717) is 5.02 Å². The molecule has 0 aromatic heterocycles. The van der Waals surface area contributed by atoms with Crippen molar-refractivity contribution in [1.29, 1.82) is 0 Å². The Morgan fingerprint density at radius 1 is 1.57 bits per heavy atom. The van der Waals surface area contributed by atoms with Gasteiger partial charge in [0.25, 0.3) is 0 Å². The van der Waals surface area contributed by atoms with Gasteiger partial charge in [-0.3, -0.25) is 9.59 Å². The Labute approximate surface area is 128 Å². The van der Waals surface area contributed by atoms with Crippen LogP contribution in [0.3, 0.4) is 0 Å². The molecule has 1 saturated heterocycles. The maximum atomic E-state index is 12.3. The van der Waals surface area contributed by atoms with Crippen molar-refractivity contribution < 1.29 is 14.7 Å². The molecule has 0 aliphatic carbocycles. The average molecular weight is 311 g/mol. The Hall–Kier alpha value is -1.59. The van der Waals surface area contributed by atoms with Gasteiger partial charge in [0.15, 0.2) is 0 Å². The van der Waals surface area contributed by atoms with Crippen LogP contribution < -0.4 is 5.32 Å². The fourth-order valence-electron chi connectivity index (χ4n) is 2.65. The van der Waals surface area contributed by atoms with E-state index in [1.165, 1.54) is 0 Å². The first-order valence-corrected chi connectivity index (χ1v) is 7.24. The molecule has 5 nitrogen and oxygen atoms in total. The van der Waals surface area contributed by atoms with E-state index in [-0.39, 0.29) is 36.9 Å². The average Bonchev–Trinajstić information content (AvgIpc) is 2.75. The summed E-state index contributed by atoms with van der Waals surface area (Å²) in [6, 6.07) is 6.53. The maximum absolute atomic E-state index is 12.3. The molecule has 0 radical (unpaired) electrons. The number of aliphatic hydroxyl groups is 1. The molecular formula is C15H19ClN2O3. The summed E-state index contributed by atoms with van der Waals surface area (Å²) in [4.78, 5) is 25.9. The zero-order valence-electron chi connectivity index (χ0n) is 12.0. The van der Waals surface area contributed by atoms with Crippen LogP contribution in [0.4, 0.5) is 0 Å². The lowest BCUT2D eigenvalue weighted by Gasteiger charge is -2.25. The Bertz CT molecular complexity index is 549. The summed E-state index contributed by atoms with van der Waals surface area (Å²) < 4.78 is 0. The highest BCUT2D eigenvalue weighted by atomic mass is 35.5. The van der Waals surface area contributed by atoms with Crippen molar-refractivity contribution in [1.82, 2.24) is 10.2 Å². The topological polar surface area (TPSA) is 69.6 Å². The third-order valence-corrected chi connectivity index (χ3v) is 4.01. The van der Waals surface area contributed by atoms with E-state index in [2.05, 4.69) is 5.32 Å². The predicted octanol–water partition coefficient (Wildman–Crippen LogP) is 1.36. The number of benzene rings is 1. The quantitative estimate of drug-likeness (QED) is 0.882. The number of carbonyl (C=O) groups excluding carboxylic acids is 2. The molecule has 1 heterocycles. The van der Waals surface area contributed by atoms with Gasteiger partial charge >= 0.3 is 0 Å². The van der Waals surface area contributed by atoms with Crippen molar-refractivity contribution >= 4 is 23.4 Å². The van der Waals surface area contributed by atoms with Crippen molar-refractivity contribution in [2.24, 2.45) is 5.92 Å². The van der Waals surface area contributed by atoms with Crippen LogP contribution in [0.1, 0.15) is 24.9 Å². The van der Waals surface area contributed by atoms with Crippen molar-refractivity contribution in [3.8, 4) is 0 Å². The second kappa shape index (κ2) is 6.45. The zero-order chi connectivity index (χ0) is 15.6. The second-order valence-corrected chi connectivity index (χ2v) is 5.84. The van der Waals surface area contributed by atoms with E-state index >= 15 is 0 Å². The highest BCUT2D eigenvalue weighted by Gasteiger charge is 2.42. The molecule has 21 heavy (non-hydrogen) atoms. The maximum Gasteiger partial charge on any atom is 0.226 e. The van der Waals surface area contributed by atoms with Crippen LogP contribution in [0.15, 0.2) is 24.3 Å². The van der Waals surface area contributed by atoms with Crippen LogP contribution in [0.5, 0.6) is 0 Å². The number of nitrogens with zero attached hydrogens (tertiary/aromatic N) is 1. The highest BCUT2D eigenvalue weighted by Crippen LogP contribution is 2.37. The summed E-state index contributed by atoms with van der Waals surface area (Å²) in [5, 5.41) is 12.3. The van der Waals surface area contributed by atoms with Crippen LogP contribution in [0, 0.1) is 5.92 Å². The van der Waals surface area contributed by atoms with Gasteiger partial charge in [0.05, 0.1) is 18.6 Å². The largest absolute Gasteiger partial charge is 0.394 e. The van der Waals surface area contributed by atoms with E-state index < -0.39 is 5.92 Å². The third-order valence-electron chi connectivity index (χ3n) is 3.78. The second-order valence-electron chi connectivity index (χ2n) is 5.41. The van der Waals surface area contributed by atoms with Gasteiger partial charge in [0, 0.05) is 24.5 Å². The molecule has 2 N–H and O–H groups in total. The number of hydrogen-bond donors (Lipinski definition) is 2. The number of likely N-dealkylation sites (tertiary alicyclic amines) is 1. The molecule has 1 fully saturated rings. The lowest BCUT2D eigenvalue weighted by Crippen LogP contribution is -2.40. The fraction of sp³-hybridized carbons (Fsp3) is 0.467. The lowest BCUT2D eigenvalue weighted by atomic mass is 9.92. The van der Waals surface area contributed by atoms with Gasteiger partial charge < -0.3 is 15.3 Å². The summed E-state index contributed by atoms with van der Waals surface area (Å²) in [6.07, 6.45) is 0.164. The van der Waals surface area contributed by atoms with Crippen LogP contribution in [0.25, 0.3) is 0 Å². The van der Waals surface area contributed by atoms with Gasteiger partial charge in [-0.15, -0.1) is 0 Å². The first-order chi connectivity index (χ1) is 9.93. The predicted molar refractivity (Wildman–Crippen MR) is 79.8 cm³/mol. The standard InChI is InChI=1S/C15H19ClN2O3/c1-9(8-19)17-15(21)12-7-13(20)18(2)14(12)10-4-3-5-11(16)6-10/h3-6,9,12,14,19H,7-8H2,1-2H3,(H,17,21). The van der Waals surface area contributed by atoms with Gasteiger partial charge in [-0.25, -0.2) is 0 Å². The number of nitrogens with one attached hydrogen (secondary N) is 1. The van der Waals surface area contributed by atoms with E-state index in [4.69, 9.17) is 16.7 Å². The number of aliphatic hydroxyl groups excluding tert-OH is 1. The lowest BCUT2D eigenvalue weighted by molar-refractivity contribution is -0.128. The molecule has 0 spiro atoms. The Kier molecular flexibility index (Phi) is 4.85. The normalized spacial score (nSPS) is 23.2. The van der Waals surface area contributed by atoms with E-state index in [0.717, 1.165) is 5.56 Å². The first-order valence-electron chi connectivity index (χ1n) is 6.86. The molecule has 1 aromatic rings. The Morgan fingerprint density at radius 3 is 2.90 bits per heavy atom. The number of rotatable bonds is 4. The molecule has 3 atom stereocenters. The minimum atomic E-state index is -0.477. The SMILES string of the molecule is CC(CO)NC(=O)C1CC(=O)N(C)C1c1cccc(Cl)c1. The number of amides is 2. The number of hydrogen-bond acceptors (Lipinski definition) is 3. The van der Waals surface area contributed by atoms with E-state index in [1.807, 2.05) is 6.07 Å². The molecular weight excluding hydrogens is 292 g/mol. The van der Waals surface area contributed by atoms with Crippen LogP contribution in [-0.4, -0.2) is 41.5 Å². The monoisotopic (exact) mass is 310 g/mol. The first kappa shape index (κ1) is 15.8. The molecule has 1 aliphatic heterocycles. The molecule has 0 bridgehead atoms. The summed E-state index contributed by atoms with van der Waals surface area (Å²) in [5.74, 6) is -0.772. The van der Waals surface area contributed by atoms with E-state index in [9.17, 15) is 9.59 Å². The smallest absolute Gasteiger partial charge is 0.226 e. The molecule has 2 amide bonds. The highest BCUT2D eigenvalue weighted by molar-refractivity contribution is 6.30. The minimum Gasteiger partial charge on any atom is -0.394 e. The number of halogens is 1. The van der Waals surface area contributed by atoms with Crippen molar-refractivity contribution in [3.05, 3.63) is 34.9 Å². The molecule has 2 rings (SSSR count). The minimum absolute atomic E-state index is 0.0724. The van der Waals surface area contributed by atoms with Crippen LogP contribution in [0.2, 0.25) is 5.02 Å². The van der Waals surface area contributed by atoms with Crippen LogP contribution >= 0.6 is 11.6 Å². The molecule has 0 saturated carbocycles. The molecule has 6 heteroatoms. The summed E-state index contributed by atoms with van der Waals surface area (Å²) in [6.45, 7) is 1.58. The van der Waals surface area contributed by atoms with Gasteiger partial charge in [0.1, 0.15) is 0 Å². The number of carbonyl (C=O) groups is 2. The molecule has 1 aromatic carbocycles. The Morgan fingerprint density at radius 2 is 2.29 bits per heavy atom. The molecule has 1 aliphatic rings. The van der Waals surface area contributed by atoms with Gasteiger partial charge in [-0.2, -0.15) is 0 Å². The third kappa shape index (κ3) is 3.36. The summed E-state index contributed by atoms with van der Waals surface area (Å²) in [7, 11) is 1.69. The summed E-state index contributed by atoms with van der Waals surface area (Å²) >= 11 is 6.00.